The lowest BCUT2D eigenvalue weighted by Gasteiger charge is -2.06. The highest BCUT2D eigenvalue weighted by Gasteiger charge is 2.11. The quantitative estimate of drug-likeness (QED) is 0.557. The average Bonchev–Trinajstić information content (AvgIpc) is 3.09. The van der Waals surface area contributed by atoms with E-state index in [1.807, 2.05) is 18.2 Å². The summed E-state index contributed by atoms with van der Waals surface area (Å²) >= 11 is 6.31. The van der Waals surface area contributed by atoms with E-state index in [-0.39, 0.29) is 0 Å². The highest BCUT2D eigenvalue weighted by Crippen LogP contribution is 2.29. The van der Waals surface area contributed by atoms with Crippen molar-refractivity contribution in [3.8, 4) is 5.75 Å². The van der Waals surface area contributed by atoms with Crippen LogP contribution in [-0.2, 0) is 6.54 Å². The summed E-state index contributed by atoms with van der Waals surface area (Å²) in [4.78, 5) is 4.53. The first kappa shape index (κ1) is 13.7. The molecule has 0 unspecified atom stereocenters. The molecule has 0 saturated carbocycles. The molecule has 0 atom stereocenters. The summed E-state index contributed by atoms with van der Waals surface area (Å²) in [6.45, 7) is 0.770. The van der Waals surface area contributed by atoms with Crippen LogP contribution in [0.1, 0.15) is 5.56 Å². The predicted octanol–water partition coefficient (Wildman–Crippen LogP) is 4.60. The fraction of sp³-hybridized carbons (Fsp3) is 0.118. The number of methoxy groups -OCH3 is 1. The lowest BCUT2D eigenvalue weighted by molar-refractivity contribution is 0.415. The van der Waals surface area contributed by atoms with Gasteiger partial charge in [-0.25, -0.2) is 4.98 Å². The fourth-order valence-corrected chi connectivity index (χ4v) is 3.95. The van der Waals surface area contributed by atoms with E-state index in [1.54, 1.807) is 18.4 Å². The van der Waals surface area contributed by atoms with E-state index in [1.165, 1.54) is 15.6 Å². The second-order valence-electron chi connectivity index (χ2n) is 5.11. The third-order valence-corrected chi connectivity index (χ3v) is 5.18. The van der Waals surface area contributed by atoms with Crippen molar-refractivity contribution in [3.63, 3.8) is 0 Å². The van der Waals surface area contributed by atoms with Crippen LogP contribution in [0.2, 0.25) is 0 Å². The molecule has 0 radical (unpaired) electrons. The standard InChI is InChI=1S/C17H14N2OS2/c1-20-12-6-7-15-14(8-12)18-17(21)19(15)9-11-10-22-16-5-3-2-4-13(11)16/h2-8,10H,9H2,1H3,(H,18,21). The van der Waals surface area contributed by atoms with E-state index in [4.69, 9.17) is 4.74 Å². The van der Waals surface area contributed by atoms with Crippen molar-refractivity contribution in [1.29, 1.82) is 0 Å². The minimum Gasteiger partial charge on any atom is -0.497 e. The van der Waals surface area contributed by atoms with Gasteiger partial charge in [0.2, 0.25) is 0 Å². The van der Waals surface area contributed by atoms with Crippen LogP contribution in [0.5, 0.6) is 5.75 Å². The number of aromatic nitrogens is 2. The minimum atomic E-state index is 0.721. The van der Waals surface area contributed by atoms with Gasteiger partial charge >= 0.3 is 0 Å². The van der Waals surface area contributed by atoms with Gasteiger partial charge in [-0.1, -0.05) is 18.2 Å². The molecule has 0 aliphatic heterocycles. The van der Waals surface area contributed by atoms with Crippen molar-refractivity contribution < 1.29 is 4.74 Å². The van der Waals surface area contributed by atoms with Gasteiger partial charge in [0.25, 0.3) is 0 Å². The highest BCUT2D eigenvalue weighted by atomic mass is 32.1. The summed E-state index contributed by atoms with van der Waals surface area (Å²) in [7, 11) is 1.66. The maximum atomic E-state index is 5.26. The molecule has 22 heavy (non-hydrogen) atoms. The smallest absolute Gasteiger partial charge is 0.166 e. The lowest BCUT2D eigenvalue weighted by atomic mass is 10.2. The molecule has 0 N–H and O–H groups in total. The molecule has 2 aromatic heterocycles. The number of benzene rings is 2. The SMILES string of the molecule is COc1ccc2c(c1)nc(S)n2Cc1csc2ccccc12. The molecule has 2 aromatic carbocycles. The Labute approximate surface area is 137 Å². The first-order valence-corrected chi connectivity index (χ1v) is 8.27. The Hall–Kier alpha value is -1.98. The van der Waals surface area contributed by atoms with E-state index < -0.39 is 0 Å². The van der Waals surface area contributed by atoms with Crippen molar-refractivity contribution in [2.45, 2.75) is 11.7 Å². The maximum absolute atomic E-state index is 5.26. The normalized spacial score (nSPS) is 11.4. The first-order valence-electron chi connectivity index (χ1n) is 6.94. The molecule has 2 heterocycles. The molecule has 4 rings (SSSR count). The Bertz CT molecular complexity index is 971. The lowest BCUT2D eigenvalue weighted by Crippen LogP contribution is -1.99. The third-order valence-electron chi connectivity index (χ3n) is 3.82. The van der Waals surface area contributed by atoms with Gasteiger partial charge in [-0.3, -0.25) is 0 Å². The average molecular weight is 326 g/mol. The summed E-state index contributed by atoms with van der Waals surface area (Å²) < 4.78 is 8.70. The minimum absolute atomic E-state index is 0.721. The van der Waals surface area contributed by atoms with Gasteiger partial charge in [-0.05, 0) is 34.5 Å². The Morgan fingerprint density at radius 1 is 1.23 bits per heavy atom. The number of rotatable bonds is 3. The largest absolute Gasteiger partial charge is 0.497 e. The number of fused-ring (bicyclic) bond motifs is 2. The van der Waals surface area contributed by atoms with Crippen LogP contribution in [0.4, 0.5) is 0 Å². The van der Waals surface area contributed by atoms with Crippen LogP contribution in [-0.4, -0.2) is 16.7 Å². The van der Waals surface area contributed by atoms with Crippen molar-refractivity contribution in [2.75, 3.05) is 7.11 Å². The zero-order valence-corrected chi connectivity index (χ0v) is 13.7. The van der Waals surface area contributed by atoms with E-state index in [0.29, 0.717) is 0 Å². The Kier molecular flexibility index (Phi) is 3.32. The summed E-state index contributed by atoms with van der Waals surface area (Å²) in [5.41, 5.74) is 3.27. The number of hydrogen-bond donors (Lipinski definition) is 1. The number of ether oxygens (including phenoxy) is 1. The molecule has 0 aliphatic rings. The van der Waals surface area contributed by atoms with E-state index >= 15 is 0 Å². The summed E-state index contributed by atoms with van der Waals surface area (Å²) in [5, 5.41) is 4.24. The number of thiol groups is 1. The van der Waals surface area contributed by atoms with E-state index in [2.05, 4.69) is 51.8 Å². The molecule has 0 fully saturated rings. The maximum Gasteiger partial charge on any atom is 0.166 e. The van der Waals surface area contributed by atoms with Gasteiger partial charge in [0.05, 0.1) is 24.7 Å². The molecule has 5 heteroatoms. The molecule has 110 valence electrons. The molecule has 0 amide bonds. The van der Waals surface area contributed by atoms with Gasteiger partial charge in [0, 0.05) is 10.8 Å². The van der Waals surface area contributed by atoms with E-state index in [0.717, 1.165) is 28.5 Å². The first-order chi connectivity index (χ1) is 10.8. The number of hydrogen-bond acceptors (Lipinski definition) is 4. The van der Waals surface area contributed by atoms with Gasteiger partial charge in [0.1, 0.15) is 5.75 Å². The summed E-state index contributed by atoms with van der Waals surface area (Å²) in [6, 6.07) is 14.4. The van der Waals surface area contributed by atoms with Crippen molar-refractivity contribution >= 4 is 45.1 Å². The zero-order valence-electron chi connectivity index (χ0n) is 12.0. The van der Waals surface area contributed by atoms with E-state index in [9.17, 15) is 0 Å². The monoisotopic (exact) mass is 326 g/mol. The van der Waals surface area contributed by atoms with Crippen LogP contribution < -0.4 is 4.74 Å². The Balaban J connectivity index is 1.82. The van der Waals surface area contributed by atoms with Crippen LogP contribution in [0, 0.1) is 0 Å². The van der Waals surface area contributed by atoms with Crippen molar-refractivity contribution in [2.24, 2.45) is 0 Å². The third kappa shape index (κ3) is 2.17. The second-order valence-corrected chi connectivity index (χ2v) is 6.42. The topological polar surface area (TPSA) is 27.1 Å². The van der Waals surface area contributed by atoms with Crippen LogP contribution in [0.25, 0.3) is 21.1 Å². The van der Waals surface area contributed by atoms with Crippen LogP contribution >= 0.6 is 24.0 Å². The molecular weight excluding hydrogens is 312 g/mol. The Morgan fingerprint density at radius 3 is 2.95 bits per heavy atom. The predicted molar refractivity (Wildman–Crippen MR) is 94.5 cm³/mol. The van der Waals surface area contributed by atoms with Gasteiger partial charge in [0.15, 0.2) is 5.16 Å². The number of nitrogens with zero attached hydrogens (tertiary/aromatic N) is 2. The molecule has 4 aromatic rings. The number of imidazole rings is 1. The van der Waals surface area contributed by atoms with Crippen LogP contribution in [0.3, 0.4) is 0 Å². The second kappa shape index (κ2) is 5.34. The summed E-state index contributed by atoms with van der Waals surface area (Å²) in [6.07, 6.45) is 0. The Morgan fingerprint density at radius 2 is 2.09 bits per heavy atom. The van der Waals surface area contributed by atoms with Gasteiger partial charge in [-0.2, -0.15) is 0 Å². The molecule has 3 nitrogen and oxygen atoms in total. The van der Waals surface area contributed by atoms with Crippen molar-refractivity contribution in [1.82, 2.24) is 9.55 Å². The molecule has 0 aliphatic carbocycles. The zero-order chi connectivity index (χ0) is 15.1. The van der Waals surface area contributed by atoms with Crippen LogP contribution in [0.15, 0.2) is 53.0 Å². The van der Waals surface area contributed by atoms with Gasteiger partial charge in [-0.15, -0.1) is 24.0 Å². The van der Waals surface area contributed by atoms with Crippen molar-refractivity contribution in [3.05, 3.63) is 53.4 Å². The fourth-order valence-electron chi connectivity index (χ4n) is 2.71. The molecule has 0 bridgehead atoms. The number of thiophene rings is 1. The molecular formula is C17H14N2OS2. The molecule has 0 saturated heterocycles. The summed E-state index contributed by atoms with van der Waals surface area (Å²) in [5.74, 6) is 0.812. The molecule has 0 spiro atoms. The van der Waals surface area contributed by atoms with Gasteiger partial charge < -0.3 is 9.30 Å². The highest BCUT2D eigenvalue weighted by molar-refractivity contribution is 7.80.